The summed E-state index contributed by atoms with van der Waals surface area (Å²) in [6, 6.07) is 9.61. The summed E-state index contributed by atoms with van der Waals surface area (Å²) in [6.45, 7) is 2.46. The Morgan fingerprint density at radius 2 is 2.08 bits per heavy atom. The molecule has 134 valence electrons. The van der Waals surface area contributed by atoms with E-state index in [2.05, 4.69) is 14.9 Å². The molecular formula is C20H20FN3O2. The maximum atomic E-state index is 13.3. The number of likely N-dealkylation sites (tertiary alicyclic amines) is 1. The lowest BCUT2D eigenvalue weighted by Crippen LogP contribution is -2.38. The summed E-state index contributed by atoms with van der Waals surface area (Å²) >= 11 is 0. The van der Waals surface area contributed by atoms with Crippen molar-refractivity contribution in [1.82, 2.24) is 14.9 Å². The molecule has 3 heterocycles. The fraction of sp³-hybridized carbons (Fsp3) is 0.300. The summed E-state index contributed by atoms with van der Waals surface area (Å²) in [7, 11) is 0. The second kappa shape index (κ2) is 7.25. The smallest absolute Gasteiger partial charge is 0.189 e. The average Bonchev–Trinajstić information content (AvgIpc) is 2.65. The molecule has 0 saturated carbocycles. The van der Waals surface area contributed by atoms with Gasteiger partial charge >= 0.3 is 0 Å². The van der Waals surface area contributed by atoms with Crippen LogP contribution in [0, 0.1) is 5.82 Å². The van der Waals surface area contributed by atoms with Gasteiger partial charge in [0.05, 0.1) is 6.20 Å². The number of ether oxygens (including phenoxy) is 1. The maximum Gasteiger partial charge on any atom is 0.189 e. The minimum Gasteiger partial charge on any atom is -0.489 e. The number of rotatable bonds is 4. The molecular weight excluding hydrogens is 333 g/mol. The van der Waals surface area contributed by atoms with Crippen molar-refractivity contribution in [2.24, 2.45) is 0 Å². The highest BCUT2D eigenvalue weighted by Crippen LogP contribution is 2.19. The molecule has 0 aliphatic carbocycles. The molecule has 0 atom stereocenters. The highest BCUT2D eigenvalue weighted by molar-refractivity contribution is 5.78. The number of piperidine rings is 1. The van der Waals surface area contributed by atoms with E-state index in [9.17, 15) is 9.18 Å². The summed E-state index contributed by atoms with van der Waals surface area (Å²) in [6.07, 6.45) is 5.51. The predicted molar refractivity (Wildman–Crippen MR) is 97.7 cm³/mol. The SMILES string of the molecule is O=c1cc(CN2CCC(Oc3cccnc3)CC2)[nH]c2ccc(F)cc12. The Hall–Kier alpha value is -2.73. The third kappa shape index (κ3) is 3.75. The Balaban J connectivity index is 1.39. The summed E-state index contributed by atoms with van der Waals surface area (Å²) in [5, 5.41) is 0.386. The largest absolute Gasteiger partial charge is 0.489 e. The van der Waals surface area contributed by atoms with E-state index >= 15 is 0 Å². The van der Waals surface area contributed by atoms with E-state index in [0.29, 0.717) is 17.4 Å². The van der Waals surface area contributed by atoms with Gasteiger partial charge in [-0.05, 0) is 43.2 Å². The maximum absolute atomic E-state index is 13.3. The first-order chi connectivity index (χ1) is 12.7. The van der Waals surface area contributed by atoms with Gasteiger partial charge in [-0.15, -0.1) is 0 Å². The molecule has 1 aliphatic rings. The average molecular weight is 353 g/mol. The third-order valence-corrected chi connectivity index (χ3v) is 4.71. The van der Waals surface area contributed by atoms with Crippen LogP contribution in [0.2, 0.25) is 0 Å². The molecule has 1 aromatic carbocycles. The van der Waals surface area contributed by atoms with Crippen LogP contribution < -0.4 is 10.2 Å². The van der Waals surface area contributed by atoms with E-state index in [1.54, 1.807) is 24.5 Å². The van der Waals surface area contributed by atoms with Crippen LogP contribution in [0.4, 0.5) is 4.39 Å². The van der Waals surface area contributed by atoms with Gasteiger partial charge in [0, 0.05) is 48.5 Å². The van der Waals surface area contributed by atoms with Gasteiger partial charge in [0.25, 0.3) is 0 Å². The summed E-state index contributed by atoms with van der Waals surface area (Å²) < 4.78 is 19.3. The summed E-state index contributed by atoms with van der Waals surface area (Å²) in [5.41, 5.74) is 1.37. The van der Waals surface area contributed by atoms with E-state index in [1.807, 2.05) is 12.1 Å². The zero-order valence-electron chi connectivity index (χ0n) is 14.3. The van der Waals surface area contributed by atoms with E-state index in [4.69, 9.17) is 4.74 Å². The highest BCUT2D eigenvalue weighted by Gasteiger charge is 2.21. The van der Waals surface area contributed by atoms with Gasteiger partial charge in [0.2, 0.25) is 0 Å². The predicted octanol–water partition coefficient (Wildman–Crippen LogP) is 3.11. The van der Waals surface area contributed by atoms with Crippen molar-refractivity contribution >= 4 is 10.9 Å². The Bertz CT molecular complexity index is 950. The van der Waals surface area contributed by atoms with Crippen LogP contribution in [-0.4, -0.2) is 34.1 Å². The fourth-order valence-electron chi connectivity index (χ4n) is 3.39. The van der Waals surface area contributed by atoms with Gasteiger partial charge < -0.3 is 9.72 Å². The van der Waals surface area contributed by atoms with Crippen LogP contribution in [-0.2, 0) is 6.54 Å². The van der Waals surface area contributed by atoms with Crippen molar-refractivity contribution in [3.63, 3.8) is 0 Å². The van der Waals surface area contributed by atoms with E-state index in [1.165, 1.54) is 12.1 Å². The topological polar surface area (TPSA) is 58.2 Å². The molecule has 1 N–H and O–H groups in total. The molecule has 6 heteroatoms. The number of nitrogens with zero attached hydrogens (tertiary/aromatic N) is 2. The van der Waals surface area contributed by atoms with Crippen molar-refractivity contribution in [3.8, 4) is 5.75 Å². The molecule has 0 bridgehead atoms. The Labute approximate surface area is 150 Å². The lowest BCUT2D eigenvalue weighted by molar-refractivity contribution is 0.0959. The number of hydrogen-bond donors (Lipinski definition) is 1. The molecule has 1 saturated heterocycles. The van der Waals surface area contributed by atoms with E-state index in [0.717, 1.165) is 37.4 Å². The van der Waals surface area contributed by atoms with Crippen molar-refractivity contribution in [1.29, 1.82) is 0 Å². The zero-order valence-corrected chi connectivity index (χ0v) is 14.3. The molecule has 5 nitrogen and oxygen atoms in total. The first-order valence-corrected chi connectivity index (χ1v) is 8.78. The molecule has 0 spiro atoms. The number of aromatic nitrogens is 2. The number of hydrogen-bond acceptors (Lipinski definition) is 4. The summed E-state index contributed by atoms with van der Waals surface area (Å²) in [5.74, 6) is 0.406. The number of halogens is 1. The molecule has 0 amide bonds. The van der Waals surface area contributed by atoms with Crippen molar-refractivity contribution in [2.45, 2.75) is 25.5 Å². The Morgan fingerprint density at radius 3 is 2.85 bits per heavy atom. The van der Waals surface area contributed by atoms with Crippen LogP contribution >= 0.6 is 0 Å². The first-order valence-electron chi connectivity index (χ1n) is 8.78. The number of H-pyrrole nitrogens is 1. The van der Waals surface area contributed by atoms with Crippen molar-refractivity contribution in [2.75, 3.05) is 13.1 Å². The quantitative estimate of drug-likeness (QED) is 0.783. The Kier molecular flexibility index (Phi) is 4.67. The van der Waals surface area contributed by atoms with Gasteiger partial charge in [-0.3, -0.25) is 14.7 Å². The monoisotopic (exact) mass is 353 g/mol. The second-order valence-electron chi connectivity index (χ2n) is 6.63. The Morgan fingerprint density at radius 1 is 1.23 bits per heavy atom. The van der Waals surface area contributed by atoms with Gasteiger partial charge in [0.15, 0.2) is 5.43 Å². The lowest BCUT2D eigenvalue weighted by Gasteiger charge is -2.32. The van der Waals surface area contributed by atoms with Crippen molar-refractivity contribution < 1.29 is 9.13 Å². The van der Waals surface area contributed by atoms with Gasteiger partial charge in [-0.25, -0.2) is 4.39 Å². The molecule has 0 radical (unpaired) electrons. The molecule has 0 unspecified atom stereocenters. The number of pyridine rings is 2. The summed E-state index contributed by atoms with van der Waals surface area (Å²) in [4.78, 5) is 21.8. The number of fused-ring (bicyclic) bond motifs is 1. The van der Waals surface area contributed by atoms with Crippen molar-refractivity contribution in [3.05, 3.63) is 70.5 Å². The van der Waals surface area contributed by atoms with Crippen LogP contribution in [0.25, 0.3) is 10.9 Å². The van der Waals surface area contributed by atoms with Crippen LogP contribution in [0.15, 0.2) is 53.6 Å². The van der Waals surface area contributed by atoms with Gasteiger partial charge in [-0.1, -0.05) is 0 Å². The van der Waals surface area contributed by atoms with E-state index < -0.39 is 5.82 Å². The first kappa shape index (κ1) is 16.7. The lowest BCUT2D eigenvalue weighted by atomic mass is 10.1. The minimum atomic E-state index is -0.397. The van der Waals surface area contributed by atoms with Gasteiger partial charge in [0.1, 0.15) is 17.7 Å². The molecule has 3 aromatic rings. The highest BCUT2D eigenvalue weighted by atomic mass is 19.1. The second-order valence-corrected chi connectivity index (χ2v) is 6.63. The van der Waals surface area contributed by atoms with Gasteiger partial charge in [-0.2, -0.15) is 0 Å². The molecule has 2 aromatic heterocycles. The standard InChI is InChI=1S/C20H20FN3O2/c21-14-3-4-19-18(10-14)20(25)11-15(23-19)13-24-8-5-16(6-9-24)26-17-2-1-7-22-12-17/h1-4,7,10-12,16H,5-6,8-9,13H2,(H,23,25). The molecule has 1 fully saturated rings. The van der Waals surface area contributed by atoms with Crippen LogP contribution in [0.3, 0.4) is 0 Å². The van der Waals surface area contributed by atoms with E-state index in [-0.39, 0.29) is 11.5 Å². The van der Waals surface area contributed by atoms with Crippen LogP contribution in [0.1, 0.15) is 18.5 Å². The third-order valence-electron chi connectivity index (χ3n) is 4.71. The fourth-order valence-corrected chi connectivity index (χ4v) is 3.39. The van der Waals surface area contributed by atoms with Crippen LogP contribution in [0.5, 0.6) is 5.75 Å². The molecule has 4 rings (SSSR count). The zero-order chi connectivity index (χ0) is 17.9. The number of benzene rings is 1. The normalized spacial score (nSPS) is 16.0. The molecule has 26 heavy (non-hydrogen) atoms. The number of aromatic amines is 1. The molecule has 1 aliphatic heterocycles. The number of nitrogens with one attached hydrogen (secondary N) is 1. The minimum absolute atomic E-state index is 0.150.